The van der Waals surface area contributed by atoms with E-state index < -0.39 is 0 Å². The Morgan fingerprint density at radius 3 is 2.67 bits per heavy atom. The first-order valence-corrected chi connectivity index (χ1v) is 9.41. The van der Waals surface area contributed by atoms with Crippen molar-refractivity contribution in [3.8, 4) is 0 Å². The number of aromatic nitrogens is 2. The Balaban J connectivity index is 1.45. The SMILES string of the molecule is BrCCOC1CCN(Cc2ccn(C3CCCC3)n2)CC1. The fourth-order valence-electron chi connectivity index (χ4n) is 3.51. The van der Waals surface area contributed by atoms with Crippen LogP contribution in [0.3, 0.4) is 0 Å². The van der Waals surface area contributed by atoms with Gasteiger partial charge in [0.25, 0.3) is 0 Å². The summed E-state index contributed by atoms with van der Waals surface area (Å²) in [5.41, 5.74) is 1.22. The molecule has 0 atom stereocenters. The van der Waals surface area contributed by atoms with Crippen LogP contribution < -0.4 is 0 Å². The number of ether oxygens (including phenoxy) is 1. The number of halogens is 1. The quantitative estimate of drug-likeness (QED) is 0.732. The summed E-state index contributed by atoms with van der Waals surface area (Å²) in [4.78, 5) is 2.51. The normalized spacial score (nSPS) is 22.1. The van der Waals surface area contributed by atoms with Gasteiger partial charge >= 0.3 is 0 Å². The number of hydrogen-bond donors (Lipinski definition) is 0. The van der Waals surface area contributed by atoms with E-state index in [0.29, 0.717) is 12.1 Å². The van der Waals surface area contributed by atoms with Crippen LogP contribution in [0.5, 0.6) is 0 Å². The van der Waals surface area contributed by atoms with Gasteiger partial charge in [0.05, 0.1) is 24.4 Å². The zero-order chi connectivity index (χ0) is 14.5. The highest BCUT2D eigenvalue weighted by Gasteiger charge is 2.21. The maximum Gasteiger partial charge on any atom is 0.0764 e. The molecular weight excluding hydrogens is 330 g/mol. The molecule has 2 heterocycles. The van der Waals surface area contributed by atoms with Crippen molar-refractivity contribution in [1.29, 1.82) is 0 Å². The fourth-order valence-corrected chi connectivity index (χ4v) is 3.70. The molecule has 0 amide bonds. The van der Waals surface area contributed by atoms with Gasteiger partial charge in [-0.05, 0) is 31.7 Å². The molecule has 1 aliphatic heterocycles. The Hall–Kier alpha value is -0.390. The van der Waals surface area contributed by atoms with E-state index in [1.54, 1.807) is 0 Å². The summed E-state index contributed by atoms with van der Waals surface area (Å²) in [6.45, 7) is 4.08. The minimum atomic E-state index is 0.454. The number of nitrogens with zero attached hydrogens (tertiary/aromatic N) is 3. The number of rotatable bonds is 6. The molecule has 3 rings (SSSR count). The van der Waals surface area contributed by atoms with Crippen molar-refractivity contribution in [1.82, 2.24) is 14.7 Å². The lowest BCUT2D eigenvalue weighted by atomic mass is 10.1. The average Bonchev–Trinajstić information content (AvgIpc) is 3.17. The second-order valence-electron chi connectivity index (χ2n) is 6.26. The second-order valence-corrected chi connectivity index (χ2v) is 7.05. The van der Waals surface area contributed by atoms with Gasteiger partial charge in [-0.2, -0.15) is 5.10 Å². The Kier molecular flexibility index (Phi) is 5.72. The van der Waals surface area contributed by atoms with Crippen LogP contribution in [0.1, 0.15) is 50.3 Å². The van der Waals surface area contributed by atoms with E-state index in [0.717, 1.165) is 44.4 Å². The van der Waals surface area contributed by atoms with E-state index in [4.69, 9.17) is 9.84 Å². The highest BCUT2D eigenvalue weighted by Crippen LogP contribution is 2.28. The van der Waals surface area contributed by atoms with E-state index in [1.165, 1.54) is 31.4 Å². The zero-order valence-corrected chi connectivity index (χ0v) is 14.3. The lowest BCUT2D eigenvalue weighted by Crippen LogP contribution is -2.36. The third-order valence-electron chi connectivity index (χ3n) is 4.71. The third kappa shape index (κ3) is 4.30. The maximum absolute atomic E-state index is 5.81. The predicted molar refractivity (Wildman–Crippen MR) is 87.8 cm³/mol. The van der Waals surface area contributed by atoms with E-state index in [-0.39, 0.29) is 0 Å². The summed E-state index contributed by atoms with van der Waals surface area (Å²) in [7, 11) is 0. The van der Waals surface area contributed by atoms with Gasteiger partial charge in [-0.15, -0.1) is 0 Å². The zero-order valence-electron chi connectivity index (χ0n) is 12.7. The molecule has 1 aromatic heterocycles. The largest absolute Gasteiger partial charge is 0.377 e. The van der Waals surface area contributed by atoms with Crippen molar-refractivity contribution in [3.63, 3.8) is 0 Å². The van der Waals surface area contributed by atoms with Crippen LogP contribution in [0.2, 0.25) is 0 Å². The van der Waals surface area contributed by atoms with Crippen molar-refractivity contribution in [2.75, 3.05) is 25.0 Å². The van der Waals surface area contributed by atoms with Crippen molar-refractivity contribution in [3.05, 3.63) is 18.0 Å². The van der Waals surface area contributed by atoms with Crippen LogP contribution in [-0.2, 0) is 11.3 Å². The van der Waals surface area contributed by atoms with E-state index >= 15 is 0 Å². The number of piperidine rings is 1. The van der Waals surface area contributed by atoms with E-state index in [1.807, 2.05) is 0 Å². The molecule has 0 unspecified atom stereocenters. The fraction of sp³-hybridized carbons (Fsp3) is 0.812. The highest BCUT2D eigenvalue weighted by molar-refractivity contribution is 9.09. The first-order chi connectivity index (χ1) is 10.3. The Morgan fingerprint density at radius 2 is 1.95 bits per heavy atom. The molecule has 0 spiro atoms. The summed E-state index contributed by atoms with van der Waals surface area (Å²) in [6, 6.07) is 2.85. The van der Waals surface area contributed by atoms with Gasteiger partial charge in [0.1, 0.15) is 0 Å². The predicted octanol–water partition coefficient (Wildman–Crippen LogP) is 3.37. The molecule has 1 aliphatic carbocycles. The molecule has 0 radical (unpaired) electrons. The van der Waals surface area contributed by atoms with Crippen LogP contribution >= 0.6 is 15.9 Å². The molecule has 1 aromatic rings. The number of alkyl halides is 1. The highest BCUT2D eigenvalue weighted by atomic mass is 79.9. The van der Waals surface area contributed by atoms with Crippen LogP contribution in [0.4, 0.5) is 0 Å². The topological polar surface area (TPSA) is 30.3 Å². The molecule has 1 saturated heterocycles. The van der Waals surface area contributed by atoms with Gasteiger partial charge in [-0.25, -0.2) is 0 Å². The first kappa shape index (κ1) is 15.5. The lowest BCUT2D eigenvalue weighted by Gasteiger charge is -2.31. The van der Waals surface area contributed by atoms with Crippen LogP contribution in [-0.4, -0.2) is 45.8 Å². The average molecular weight is 356 g/mol. The van der Waals surface area contributed by atoms with Gasteiger partial charge in [-0.3, -0.25) is 9.58 Å². The molecule has 0 N–H and O–H groups in total. The van der Waals surface area contributed by atoms with Gasteiger partial charge < -0.3 is 4.74 Å². The summed E-state index contributed by atoms with van der Waals surface area (Å²) >= 11 is 3.42. The van der Waals surface area contributed by atoms with Crippen molar-refractivity contribution in [2.24, 2.45) is 0 Å². The van der Waals surface area contributed by atoms with Crippen LogP contribution in [0.15, 0.2) is 12.3 Å². The molecule has 4 nitrogen and oxygen atoms in total. The molecule has 0 aromatic carbocycles. The molecule has 21 heavy (non-hydrogen) atoms. The summed E-state index contributed by atoms with van der Waals surface area (Å²) in [5, 5.41) is 5.73. The van der Waals surface area contributed by atoms with Gasteiger partial charge in [0, 0.05) is 31.2 Å². The van der Waals surface area contributed by atoms with Gasteiger partial charge in [0.15, 0.2) is 0 Å². The Morgan fingerprint density at radius 1 is 1.19 bits per heavy atom. The second kappa shape index (κ2) is 7.75. The van der Waals surface area contributed by atoms with E-state index in [9.17, 15) is 0 Å². The minimum Gasteiger partial charge on any atom is -0.377 e. The Bertz CT molecular complexity index is 423. The Labute approximate surface area is 136 Å². The maximum atomic E-state index is 5.81. The molecule has 1 saturated carbocycles. The number of likely N-dealkylation sites (tertiary alicyclic amines) is 1. The van der Waals surface area contributed by atoms with E-state index in [2.05, 4.69) is 37.8 Å². The third-order valence-corrected chi connectivity index (χ3v) is 5.04. The molecule has 118 valence electrons. The molecule has 2 fully saturated rings. The van der Waals surface area contributed by atoms with Crippen molar-refractivity contribution < 1.29 is 4.74 Å². The summed E-state index contributed by atoms with van der Waals surface area (Å²) in [6.07, 6.45) is 10.3. The lowest BCUT2D eigenvalue weighted by molar-refractivity contribution is 0.0138. The molecule has 5 heteroatoms. The number of hydrogen-bond acceptors (Lipinski definition) is 3. The van der Waals surface area contributed by atoms with Crippen molar-refractivity contribution >= 4 is 15.9 Å². The van der Waals surface area contributed by atoms with Crippen molar-refractivity contribution in [2.45, 2.75) is 57.2 Å². The van der Waals surface area contributed by atoms with Crippen LogP contribution in [0.25, 0.3) is 0 Å². The summed E-state index contributed by atoms with van der Waals surface area (Å²) < 4.78 is 8.01. The van der Waals surface area contributed by atoms with Gasteiger partial charge in [-0.1, -0.05) is 28.8 Å². The first-order valence-electron chi connectivity index (χ1n) is 8.29. The molecule has 0 bridgehead atoms. The smallest absolute Gasteiger partial charge is 0.0764 e. The van der Waals surface area contributed by atoms with Crippen LogP contribution in [0, 0.1) is 0 Å². The summed E-state index contributed by atoms with van der Waals surface area (Å²) in [5.74, 6) is 0. The molecule has 2 aliphatic rings. The minimum absolute atomic E-state index is 0.454. The molecular formula is C16H26BrN3O. The standard InChI is InChI=1S/C16H26BrN3O/c17-8-12-21-16-6-9-19(10-7-16)13-14-5-11-20(18-14)15-3-1-2-4-15/h5,11,15-16H,1-4,6-10,12-13H2. The monoisotopic (exact) mass is 355 g/mol. The van der Waals surface area contributed by atoms with Gasteiger partial charge in [0.2, 0.25) is 0 Å².